The molecule has 1 aromatic rings. The topological polar surface area (TPSA) is 55.2 Å². The minimum absolute atomic E-state index is 0.155. The van der Waals surface area contributed by atoms with Gasteiger partial charge in [0.1, 0.15) is 0 Å². The highest BCUT2D eigenvalue weighted by Gasteiger charge is 2.18. The van der Waals surface area contributed by atoms with Crippen molar-refractivity contribution in [3.05, 3.63) is 39.9 Å². The number of benzene rings is 1. The lowest BCUT2D eigenvalue weighted by Gasteiger charge is -2.26. The summed E-state index contributed by atoms with van der Waals surface area (Å²) in [5.74, 6) is 1.78. The lowest BCUT2D eigenvalue weighted by molar-refractivity contribution is -0.384. The zero-order chi connectivity index (χ0) is 15.2. The van der Waals surface area contributed by atoms with Gasteiger partial charge in [0, 0.05) is 18.2 Å². The first-order valence-electron chi connectivity index (χ1n) is 8.04. The Hall–Kier alpha value is -1.42. The zero-order valence-corrected chi connectivity index (χ0v) is 13.0. The molecular formula is C17H26N2O2. The standard InChI is InChI=1S/C17H26N2O2/c1-13-3-5-15(6-4-13)11-12-18-14(2)16-7-9-17(10-8-16)19(20)21/h7-10,13-15,18H,3-6,11-12H2,1-2H3. The molecule has 116 valence electrons. The first kappa shape index (κ1) is 16.0. The molecule has 4 nitrogen and oxygen atoms in total. The fraction of sp³-hybridized carbons (Fsp3) is 0.647. The molecule has 0 radical (unpaired) electrons. The lowest BCUT2D eigenvalue weighted by Crippen LogP contribution is -2.23. The smallest absolute Gasteiger partial charge is 0.269 e. The van der Waals surface area contributed by atoms with Crippen LogP contribution in [0.5, 0.6) is 0 Å². The summed E-state index contributed by atoms with van der Waals surface area (Å²) in [4.78, 5) is 10.3. The largest absolute Gasteiger partial charge is 0.310 e. The normalized spacial score (nSPS) is 23.7. The molecule has 0 spiro atoms. The average Bonchev–Trinajstić information content (AvgIpc) is 2.49. The van der Waals surface area contributed by atoms with Gasteiger partial charge in [-0.15, -0.1) is 0 Å². The van der Waals surface area contributed by atoms with Crippen LogP contribution in [-0.4, -0.2) is 11.5 Å². The summed E-state index contributed by atoms with van der Waals surface area (Å²) in [5.41, 5.74) is 1.26. The van der Waals surface area contributed by atoms with Crippen molar-refractivity contribution in [2.45, 2.75) is 52.0 Å². The molecule has 1 fully saturated rings. The first-order chi connectivity index (χ1) is 10.1. The summed E-state index contributed by atoms with van der Waals surface area (Å²) in [5, 5.41) is 14.2. The third-order valence-corrected chi connectivity index (χ3v) is 4.74. The van der Waals surface area contributed by atoms with Crippen LogP contribution < -0.4 is 5.32 Å². The summed E-state index contributed by atoms with van der Waals surface area (Å²) in [6.45, 7) is 5.49. The SMILES string of the molecule is CC1CCC(CCNC(C)c2ccc([N+](=O)[O-])cc2)CC1. The van der Waals surface area contributed by atoms with E-state index in [-0.39, 0.29) is 16.7 Å². The molecule has 2 rings (SSSR count). The molecule has 0 amide bonds. The highest BCUT2D eigenvalue weighted by molar-refractivity contribution is 5.33. The third kappa shape index (κ3) is 4.81. The third-order valence-electron chi connectivity index (χ3n) is 4.74. The van der Waals surface area contributed by atoms with Crippen LogP contribution in [-0.2, 0) is 0 Å². The lowest BCUT2D eigenvalue weighted by atomic mass is 9.81. The molecule has 0 saturated heterocycles. The monoisotopic (exact) mass is 290 g/mol. The van der Waals surface area contributed by atoms with E-state index >= 15 is 0 Å². The second kappa shape index (κ2) is 7.55. The fourth-order valence-corrected chi connectivity index (χ4v) is 3.12. The Kier molecular flexibility index (Phi) is 5.74. The van der Waals surface area contributed by atoms with Gasteiger partial charge in [-0.3, -0.25) is 10.1 Å². The summed E-state index contributed by atoms with van der Waals surface area (Å²) >= 11 is 0. The molecule has 1 aliphatic carbocycles. The number of nitrogens with one attached hydrogen (secondary N) is 1. The predicted molar refractivity (Wildman–Crippen MR) is 85.3 cm³/mol. The van der Waals surface area contributed by atoms with Gasteiger partial charge in [-0.25, -0.2) is 0 Å². The summed E-state index contributed by atoms with van der Waals surface area (Å²) in [6, 6.07) is 7.09. The zero-order valence-electron chi connectivity index (χ0n) is 13.0. The Morgan fingerprint density at radius 3 is 2.43 bits per heavy atom. The van der Waals surface area contributed by atoms with Crippen LogP contribution in [0.4, 0.5) is 5.69 Å². The van der Waals surface area contributed by atoms with Crippen molar-refractivity contribution >= 4 is 5.69 Å². The summed E-state index contributed by atoms with van der Waals surface area (Å²) < 4.78 is 0. The molecule has 0 bridgehead atoms. The fourth-order valence-electron chi connectivity index (χ4n) is 3.12. The minimum Gasteiger partial charge on any atom is -0.310 e. The van der Waals surface area contributed by atoms with Gasteiger partial charge in [0.25, 0.3) is 5.69 Å². The maximum atomic E-state index is 10.6. The van der Waals surface area contributed by atoms with Gasteiger partial charge in [0.05, 0.1) is 4.92 Å². The van der Waals surface area contributed by atoms with Crippen molar-refractivity contribution in [2.75, 3.05) is 6.54 Å². The molecule has 1 N–H and O–H groups in total. The molecule has 4 heteroatoms. The van der Waals surface area contributed by atoms with Crippen LogP contribution in [0.2, 0.25) is 0 Å². The average molecular weight is 290 g/mol. The van der Waals surface area contributed by atoms with Gasteiger partial charge in [-0.05, 0) is 37.3 Å². The van der Waals surface area contributed by atoms with Crippen molar-refractivity contribution < 1.29 is 4.92 Å². The van der Waals surface area contributed by atoms with Gasteiger partial charge in [-0.1, -0.05) is 44.7 Å². The number of hydrogen-bond donors (Lipinski definition) is 1. The van der Waals surface area contributed by atoms with Crippen LogP contribution in [0.25, 0.3) is 0 Å². The summed E-state index contributed by atoms with van der Waals surface area (Å²) in [7, 11) is 0. The van der Waals surface area contributed by atoms with Gasteiger partial charge in [-0.2, -0.15) is 0 Å². The maximum absolute atomic E-state index is 10.6. The second-order valence-corrected chi connectivity index (χ2v) is 6.44. The molecule has 0 heterocycles. The molecule has 1 aliphatic rings. The van der Waals surface area contributed by atoms with Gasteiger partial charge < -0.3 is 5.32 Å². The number of nitro groups is 1. The summed E-state index contributed by atoms with van der Waals surface area (Å²) in [6.07, 6.45) is 6.73. The Morgan fingerprint density at radius 2 is 1.86 bits per heavy atom. The van der Waals surface area contributed by atoms with E-state index in [0.29, 0.717) is 0 Å². The van der Waals surface area contributed by atoms with Crippen LogP contribution in [0.15, 0.2) is 24.3 Å². The van der Waals surface area contributed by atoms with E-state index in [2.05, 4.69) is 19.2 Å². The van der Waals surface area contributed by atoms with Crippen molar-refractivity contribution in [3.63, 3.8) is 0 Å². The van der Waals surface area contributed by atoms with Crippen LogP contribution in [0.1, 0.15) is 57.6 Å². The molecule has 1 aromatic carbocycles. The second-order valence-electron chi connectivity index (χ2n) is 6.44. The van der Waals surface area contributed by atoms with Crippen LogP contribution >= 0.6 is 0 Å². The Labute approximate surface area is 127 Å². The van der Waals surface area contributed by atoms with Crippen molar-refractivity contribution in [1.82, 2.24) is 5.32 Å². The molecule has 1 unspecified atom stereocenters. The Balaban J connectivity index is 1.74. The predicted octanol–water partition coefficient (Wildman–Crippen LogP) is 4.46. The van der Waals surface area contributed by atoms with E-state index < -0.39 is 0 Å². The number of nitro benzene ring substituents is 1. The number of rotatable bonds is 6. The van der Waals surface area contributed by atoms with E-state index in [4.69, 9.17) is 0 Å². The molecule has 1 saturated carbocycles. The molecule has 21 heavy (non-hydrogen) atoms. The van der Waals surface area contributed by atoms with Gasteiger partial charge in [0.15, 0.2) is 0 Å². The highest BCUT2D eigenvalue weighted by Crippen LogP contribution is 2.30. The van der Waals surface area contributed by atoms with Crippen LogP contribution in [0, 0.1) is 22.0 Å². The van der Waals surface area contributed by atoms with Crippen molar-refractivity contribution in [1.29, 1.82) is 0 Å². The minimum atomic E-state index is -0.355. The Bertz CT molecular complexity index is 450. The van der Waals surface area contributed by atoms with E-state index in [1.165, 1.54) is 32.1 Å². The van der Waals surface area contributed by atoms with E-state index in [0.717, 1.165) is 23.9 Å². The highest BCUT2D eigenvalue weighted by atomic mass is 16.6. The first-order valence-corrected chi connectivity index (χ1v) is 8.04. The molecule has 1 atom stereocenters. The van der Waals surface area contributed by atoms with Gasteiger partial charge in [0.2, 0.25) is 0 Å². The maximum Gasteiger partial charge on any atom is 0.269 e. The van der Waals surface area contributed by atoms with Crippen molar-refractivity contribution in [3.8, 4) is 0 Å². The molecule has 0 aliphatic heterocycles. The number of non-ortho nitro benzene ring substituents is 1. The molecular weight excluding hydrogens is 264 g/mol. The number of hydrogen-bond acceptors (Lipinski definition) is 3. The van der Waals surface area contributed by atoms with E-state index in [1.54, 1.807) is 12.1 Å². The van der Waals surface area contributed by atoms with E-state index in [1.807, 2.05) is 12.1 Å². The Morgan fingerprint density at radius 1 is 1.24 bits per heavy atom. The van der Waals surface area contributed by atoms with E-state index in [9.17, 15) is 10.1 Å². The molecule has 0 aromatic heterocycles. The van der Waals surface area contributed by atoms with Crippen LogP contribution in [0.3, 0.4) is 0 Å². The number of nitrogens with zero attached hydrogens (tertiary/aromatic N) is 1. The van der Waals surface area contributed by atoms with Crippen molar-refractivity contribution in [2.24, 2.45) is 11.8 Å². The van der Waals surface area contributed by atoms with Gasteiger partial charge >= 0.3 is 0 Å². The quantitative estimate of drug-likeness (QED) is 0.621.